The number of carbonyl (C=O) groups excluding carboxylic acids is 1. The Labute approximate surface area is 117 Å². The predicted molar refractivity (Wildman–Crippen MR) is 81.4 cm³/mol. The minimum absolute atomic E-state index is 0.560. The van der Waals surface area contributed by atoms with Gasteiger partial charge in [0.2, 0.25) is 6.41 Å². The Morgan fingerprint density at radius 1 is 1.15 bits per heavy atom. The average molecular weight is 264 g/mol. The lowest BCUT2D eigenvalue weighted by Crippen LogP contribution is -2.09. The van der Waals surface area contributed by atoms with Crippen molar-refractivity contribution in [3.05, 3.63) is 59.7 Å². The van der Waals surface area contributed by atoms with Crippen molar-refractivity contribution < 1.29 is 4.79 Å². The molecule has 20 heavy (non-hydrogen) atoms. The van der Waals surface area contributed by atoms with Gasteiger partial charge in [-0.3, -0.25) is 4.79 Å². The molecule has 1 aromatic heterocycles. The molecule has 0 saturated carbocycles. The summed E-state index contributed by atoms with van der Waals surface area (Å²) in [5.74, 6) is 0. The van der Waals surface area contributed by atoms with Gasteiger partial charge >= 0.3 is 0 Å². The maximum Gasteiger partial charge on any atom is 0.207 e. The van der Waals surface area contributed by atoms with Crippen LogP contribution >= 0.6 is 0 Å². The highest BCUT2D eigenvalue weighted by Crippen LogP contribution is 2.27. The van der Waals surface area contributed by atoms with Crippen LogP contribution in [0, 0.1) is 6.92 Å². The van der Waals surface area contributed by atoms with Gasteiger partial charge in [0.25, 0.3) is 0 Å². The number of rotatable bonds is 4. The molecule has 2 aromatic carbocycles. The van der Waals surface area contributed by atoms with E-state index in [0.29, 0.717) is 6.54 Å². The van der Waals surface area contributed by atoms with Crippen LogP contribution in [0.4, 0.5) is 0 Å². The van der Waals surface area contributed by atoms with Crippen LogP contribution in [0.15, 0.2) is 48.5 Å². The number of hydrogen-bond donors (Lipinski definition) is 2. The second-order valence-electron chi connectivity index (χ2n) is 4.92. The Morgan fingerprint density at radius 3 is 2.80 bits per heavy atom. The average Bonchev–Trinajstić information content (AvgIpc) is 2.88. The number of H-pyrrole nitrogens is 1. The van der Waals surface area contributed by atoms with E-state index in [2.05, 4.69) is 47.6 Å². The van der Waals surface area contributed by atoms with Crippen molar-refractivity contribution in [1.29, 1.82) is 0 Å². The lowest BCUT2D eigenvalue weighted by molar-refractivity contribution is -0.109. The van der Waals surface area contributed by atoms with Gasteiger partial charge in [-0.1, -0.05) is 30.3 Å². The van der Waals surface area contributed by atoms with E-state index in [-0.39, 0.29) is 0 Å². The highest BCUT2D eigenvalue weighted by molar-refractivity contribution is 5.87. The van der Waals surface area contributed by atoms with Gasteiger partial charge in [-0.2, -0.15) is 0 Å². The maximum absolute atomic E-state index is 10.4. The molecule has 3 nitrogen and oxygen atoms in total. The molecule has 100 valence electrons. The lowest BCUT2D eigenvalue weighted by atomic mass is 10.1. The third-order valence-electron chi connectivity index (χ3n) is 3.51. The molecule has 3 heteroatoms. The van der Waals surface area contributed by atoms with Crippen LogP contribution in [0.3, 0.4) is 0 Å². The molecule has 1 amide bonds. The third-order valence-corrected chi connectivity index (χ3v) is 3.51. The lowest BCUT2D eigenvalue weighted by Gasteiger charge is -2.01. The first-order valence-corrected chi connectivity index (χ1v) is 6.62. The van der Waals surface area contributed by atoms with Crippen molar-refractivity contribution in [2.75, 3.05) is 0 Å². The molecule has 0 saturated heterocycles. The summed E-state index contributed by atoms with van der Waals surface area (Å²) < 4.78 is 0. The van der Waals surface area contributed by atoms with Crippen molar-refractivity contribution in [1.82, 2.24) is 10.3 Å². The van der Waals surface area contributed by atoms with Crippen LogP contribution in [0.1, 0.15) is 11.1 Å². The molecule has 3 rings (SSSR count). The number of benzene rings is 2. The van der Waals surface area contributed by atoms with Crippen LogP contribution in [0.5, 0.6) is 0 Å². The van der Waals surface area contributed by atoms with E-state index in [9.17, 15) is 4.79 Å². The Hall–Kier alpha value is -2.55. The summed E-state index contributed by atoms with van der Waals surface area (Å²) in [7, 11) is 0. The van der Waals surface area contributed by atoms with E-state index in [0.717, 1.165) is 28.6 Å². The van der Waals surface area contributed by atoms with Gasteiger partial charge in [-0.15, -0.1) is 0 Å². The topological polar surface area (TPSA) is 44.9 Å². The fraction of sp³-hybridized carbons (Fsp3) is 0.118. The van der Waals surface area contributed by atoms with Gasteiger partial charge in [0, 0.05) is 28.7 Å². The zero-order valence-corrected chi connectivity index (χ0v) is 11.3. The van der Waals surface area contributed by atoms with Crippen LogP contribution in [0.2, 0.25) is 0 Å². The van der Waals surface area contributed by atoms with Crippen molar-refractivity contribution >= 4 is 17.3 Å². The maximum atomic E-state index is 10.4. The summed E-state index contributed by atoms with van der Waals surface area (Å²) >= 11 is 0. The van der Waals surface area contributed by atoms with Crippen molar-refractivity contribution in [3.63, 3.8) is 0 Å². The number of carbonyl (C=O) groups is 1. The summed E-state index contributed by atoms with van der Waals surface area (Å²) in [6, 6.07) is 16.7. The summed E-state index contributed by atoms with van der Waals surface area (Å²) in [5.41, 5.74) is 5.80. The van der Waals surface area contributed by atoms with Gasteiger partial charge in [-0.25, -0.2) is 0 Å². The van der Waals surface area contributed by atoms with E-state index in [1.54, 1.807) is 0 Å². The molecule has 0 spiro atoms. The zero-order chi connectivity index (χ0) is 13.9. The van der Waals surface area contributed by atoms with Gasteiger partial charge in [0.05, 0.1) is 0 Å². The molecule has 0 aliphatic rings. The van der Waals surface area contributed by atoms with Gasteiger partial charge in [0.1, 0.15) is 0 Å². The number of aromatic nitrogens is 1. The molecule has 0 aliphatic carbocycles. The van der Waals surface area contributed by atoms with E-state index < -0.39 is 0 Å². The van der Waals surface area contributed by atoms with E-state index >= 15 is 0 Å². The quantitative estimate of drug-likeness (QED) is 0.697. The van der Waals surface area contributed by atoms with Crippen LogP contribution in [-0.4, -0.2) is 11.4 Å². The van der Waals surface area contributed by atoms with Crippen molar-refractivity contribution in [2.24, 2.45) is 0 Å². The first-order chi connectivity index (χ1) is 9.78. The molecule has 0 bridgehead atoms. The smallest absolute Gasteiger partial charge is 0.207 e. The standard InChI is InChI=1S/C17H16N2O/c1-12-4-2-3-5-15(12)17-9-14-8-13(10-18-11-20)6-7-16(14)19-17/h2-9,11,19H,10H2,1H3,(H,18,20). The van der Waals surface area contributed by atoms with Gasteiger partial charge in [-0.05, 0) is 36.2 Å². The number of amides is 1. The van der Waals surface area contributed by atoms with Crippen molar-refractivity contribution in [3.8, 4) is 11.3 Å². The zero-order valence-electron chi connectivity index (χ0n) is 11.3. The first kappa shape index (κ1) is 12.5. The number of aryl methyl sites for hydroxylation is 1. The number of aromatic amines is 1. The first-order valence-electron chi connectivity index (χ1n) is 6.62. The molecule has 0 fully saturated rings. The molecule has 2 N–H and O–H groups in total. The highest BCUT2D eigenvalue weighted by atomic mass is 16.1. The van der Waals surface area contributed by atoms with Crippen LogP contribution < -0.4 is 5.32 Å². The summed E-state index contributed by atoms with van der Waals surface area (Å²) in [6.07, 6.45) is 0.722. The molecule has 0 aliphatic heterocycles. The second-order valence-corrected chi connectivity index (χ2v) is 4.92. The molecule has 0 atom stereocenters. The largest absolute Gasteiger partial charge is 0.355 e. The summed E-state index contributed by atoms with van der Waals surface area (Å²) in [4.78, 5) is 13.8. The van der Waals surface area contributed by atoms with E-state index in [1.165, 1.54) is 11.1 Å². The fourth-order valence-electron chi connectivity index (χ4n) is 2.47. The molecule has 0 unspecified atom stereocenters. The van der Waals surface area contributed by atoms with Crippen LogP contribution in [0.25, 0.3) is 22.2 Å². The van der Waals surface area contributed by atoms with Crippen molar-refractivity contribution in [2.45, 2.75) is 13.5 Å². The minimum Gasteiger partial charge on any atom is -0.355 e. The number of nitrogens with one attached hydrogen (secondary N) is 2. The monoisotopic (exact) mass is 264 g/mol. The Balaban J connectivity index is 2.02. The van der Waals surface area contributed by atoms with E-state index in [1.807, 2.05) is 18.2 Å². The molecule has 3 aromatic rings. The normalized spacial score (nSPS) is 10.7. The molecule has 0 radical (unpaired) electrons. The summed E-state index contributed by atoms with van der Waals surface area (Å²) in [6.45, 7) is 2.67. The SMILES string of the molecule is Cc1ccccc1-c1cc2cc(CNC=O)ccc2[nH]1. The molecular weight excluding hydrogens is 248 g/mol. The molecule has 1 heterocycles. The highest BCUT2D eigenvalue weighted by Gasteiger charge is 2.06. The van der Waals surface area contributed by atoms with Gasteiger partial charge < -0.3 is 10.3 Å². The fourth-order valence-corrected chi connectivity index (χ4v) is 2.47. The Kier molecular flexibility index (Phi) is 3.25. The summed E-state index contributed by atoms with van der Waals surface area (Å²) in [5, 5.41) is 3.85. The van der Waals surface area contributed by atoms with Crippen LogP contribution in [-0.2, 0) is 11.3 Å². The van der Waals surface area contributed by atoms with Gasteiger partial charge in [0.15, 0.2) is 0 Å². The number of fused-ring (bicyclic) bond motifs is 1. The second kappa shape index (κ2) is 5.21. The Morgan fingerprint density at radius 2 is 2.00 bits per heavy atom. The van der Waals surface area contributed by atoms with E-state index in [4.69, 9.17) is 0 Å². The predicted octanol–water partition coefficient (Wildman–Crippen LogP) is 3.39. The molecular formula is C17H16N2O. The Bertz CT molecular complexity index is 759. The number of hydrogen-bond acceptors (Lipinski definition) is 1. The minimum atomic E-state index is 0.560. The third kappa shape index (κ3) is 2.30.